The van der Waals surface area contributed by atoms with Crippen molar-refractivity contribution in [3.05, 3.63) is 47.1 Å². The van der Waals surface area contributed by atoms with Gasteiger partial charge in [-0.3, -0.25) is 9.36 Å². The van der Waals surface area contributed by atoms with Crippen molar-refractivity contribution in [3.63, 3.8) is 0 Å². The average Bonchev–Trinajstić information content (AvgIpc) is 2.95. The maximum absolute atomic E-state index is 12.3. The van der Waals surface area contributed by atoms with Gasteiger partial charge in [-0.2, -0.15) is 4.98 Å². The predicted molar refractivity (Wildman–Crippen MR) is 106 cm³/mol. The number of carbonyl (C=O) groups is 1. The third-order valence-corrected chi connectivity index (χ3v) is 4.61. The summed E-state index contributed by atoms with van der Waals surface area (Å²) < 4.78 is 6.60. The lowest BCUT2D eigenvalue weighted by Gasteiger charge is -2.15. The number of aromatic nitrogens is 2. The van der Waals surface area contributed by atoms with Crippen LogP contribution in [-0.4, -0.2) is 44.5 Å². The third-order valence-electron chi connectivity index (χ3n) is 4.61. The third kappa shape index (κ3) is 5.85. The van der Waals surface area contributed by atoms with Gasteiger partial charge >= 0.3 is 5.69 Å². The molecule has 1 aromatic heterocycles. The molecule has 0 bridgehead atoms. The van der Waals surface area contributed by atoms with E-state index in [4.69, 9.17) is 4.74 Å². The Labute approximate surface area is 164 Å². The van der Waals surface area contributed by atoms with E-state index in [0.717, 1.165) is 23.8 Å². The fourth-order valence-corrected chi connectivity index (χ4v) is 2.98. The Morgan fingerprint density at radius 2 is 2.14 bits per heavy atom. The first-order valence-corrected chi connectivity index (χ1v) is 9.67. The van der Waals surface area contributed by atoms with Crippen LogP contribution in [-0.2, 0) is 9.53 Å². The first-order chi connectivity index (χ1) is 13.5. The van der Waals surface area contributed by atoms with Crippen LogP contribution in [0.5, 0.6) is 0 Å². The molecule has 2 rings (SSSR count). The normalized spacial score (nSPS) is 22.1. The van der Waals surface area contributed by atoms with Crippen LogP contribution in [0.4, 0.5) is 5.82 Å². The number of anilines is 1. The second-order valence-electron chi connectivity index (χ2n) is 6.83. The van der Waals surface area contributed by atoms with Crippen LogP contribution in [0.1, 0.15) is 51.7 Å². The molecule has 28 heavy (non-hydrogen) atoms. The molecule has 0 radical (unpaired) electrons. The topological polar surface area (TPSA) is 114 Å². The van der Waals surface area contributed by atoms with E-state index in [9.17, 15) is 19.8 Å². The van der Waals surface area contributed by atoms with Crippen LogP contribution in [0.15, 0.2) is 41.4 Å². The number of allylic oxidation sites excluding steroid dienone is 1. The van der Waals surface area contributed by atoms with Gasteiger partial charge in [0.25, 0.3) is 0 Å². The fourth-order valence-electron chi connectivity index (χ4n) is 2.98. The largest absolute Gasteiger partial charge is 0.394 e. The lowest BCUT2D eigenvalue weighted by Crippen LogP contribution is -2.28. The lowest BCUT2D eigenvalue weighted by molar-refractivity contribution is -0.111. The minimum atomic E-state index is -1.06. The fraction of sp³-hybridized carbons (Fsp3) is 0.550. The van der Waals surface area contributed by atoms with Gasteiger partial charge in [-0.15, -0.1) is 0 Å². The number of rotatable bonds is 10. The van der Waals surface area contributed by atoms with E-state index in [2.05, 4.69) is 23.8 Å². The number of hydrogen-bond acceptors (Lipinski definition) is 6. The lowest BCUT2D eigenvalue weighted by atomic mass is 10.1. The SMILES string of the molecule is C=C1[C@H](n2ccc(NC(=O)C=CCCCCCCC)nc2=O)O[C@H](CO)[C@H]1O. The Balaban J connectivity index is 1.89. The highest BCUT2D eigenvalue weighted by Crippen LogP contribution is 2.31. The van der Waals surface area contributed by atoms with Gasteiger partial charge in [0.15, 0.2) is 6.23 Å². The van der Waals surface area contributed by atoms with Gasteiger partial charge in [0.1, 0.15) is 18.0 Å². The minimum Gasteiger partial charge on any atom is -0.394 e. The number of carbonyl (C=O) groups excluding carboxylic acids is 1. The number of nitrogens with one attached hydrogen (secondary N) is 1. The molecular weight excluding hydrogens is 362 g/mol. The number of aliphatic hydroxyl groups excluding tert-OH is 2. The molecule has 0 aliphatic carbocycles. The maximum Gasteiger partial charge on any atom is 0.351 e. The van der Waals surface area contributed by atoms with Crippen LogP contribution < -0.4 is 11.0 Å². The van der Waals surface area contributed by atoms with E-state index in [1.807, 2.05) is 6.08 Å². The van der Waals surface area contributed by atoms with Crippen LogP contribution in [0.25, 0.3) is 0 Å². The van der Waals surface area contributed by atoms with Crippen molar-refractivity contribution >= 4 is 11.7 Å². The number of aliphatic hydroxyl groups is 2. The molecule has 0 saturated carbocycles. The number of unbranched alkanes of at least 4 members (excludes halogenated alkanes) is 5. The molecule has 2 heterocycles. The number of nitrogens with zero attached hydrogens (tertiary/aromatic N) is 2. The highest BCUT2D eigenvalue weighted by Gasteiger charge is 2.38. The summed E-state index contributed by atoms with van der Waals surface area (Å²) in [7, 11) is 0. The van der Waals surface area contributed by atoms with Gasteiger partial charge in [-0.1, -0.05) is 45.3 Å². The smallest absolute Gasteiger partial charge is 0.351 e. The second kappa shape index (κ2) is 10.9. The summed E-state index contributed by atoms with van der Waals surface area (Å²) in [5.41, 5.74) is -0.392. The molecule has 0 unspecified atom stereocenters. The van der Waals surface area contributed by atoms with Gasteiger partial charge < -0.3 is 20.3 Å². The average molecular weight is 391 g/mol. The van der Waals surface area contributed by atoms with Crippen molar-refractivity contribution in [1.82, 2.24) is 9.55 Å². The highest BCUT2D eigenvalue weighted by atomic mass is 16.5. The summed E-state index contributed by atoms with van der Waals surface area (Å²) in [5, 5.41) is 21.7. The van der Waals surface area contributed by atoms with E-state index in [-0.39, 0.29) is 17.3 Å². The van der Waals surface area contributed by atoms with E-state index < -0.39 is 30.7 Å². The van der Waals surface area contributed by atoms with E-state index in [0.29, 0.717) is 0 Å². The summed E-state index contributed by atoms with van der Waals surface area (Å²) in [6.07, 6.45) is 8.54. The highest BCUT2D eigenvalue weighted by molar-refractivity contribution is 5.98. The molecular formula is C20H29N3O5. The molecule has 3 atom stereocenters. The Morgan fingerprint density at radius 1 is 1.39 bits per heavy atom. The van der Waals surface area contributed by atoms with E-state index in [1.165, 1.54) is 37.6 Å². The van der Waals surface area contributed by atoms with Crippen LogP contribution in [0.3, 0.4) is 0 Å². The molecule has 1 aromatic rings. The quantitative estimate of drug-likeness (QED) is 0.319. The van der Waals surface area contributed by atoms with Crippen LogP contribution in [0.2, 0.25) is 0 Å². The van der Waals surface area contributed by atoms with Crippen LogP contribution >= 0.6 is 0 Å². The predicted octanol–water partition coefficient (Wildman–Crippen LogP) is 1.91. The Hall–Kier alpha value is -2.29. The van der Waals surface area contributed by atoms with Gasteiger partial charge in [0.2, 0.25) is 5.91 Å². The van der Waals surface area contributed by atoms with E-state index in [1.54, 1.807) is 0 Å². The standard InChI is InChI=1S/C20H29N3O5/c1-3-4-5-6-7-8-9-10-17(25)21-16-11-12-23(20(27)22-16)19-14(2)18(26)15(13-24)28-19/h9-12,15,18-19,24,26H,2-8,13H2,1H3,(H,21,22,25,27)/t15-,18+,19-/m1/s1. The summed E-state index contributed by atoms with van der Waals surface area (Å²) in [6.45, 7) is 5.49. The zero-order valence-electron chi connectivity index (χ0n) is 16.2. The first kappa shape index (κ1) is 22.0. The summed E-state index contributed by atoms with van der Waals surface area (Å²) in [6, 6.07) is 1.47. The van der Waals surface area contributed by atoms with Crippen molar-refractivity contribution in [3.8, 4) is 0 Å². The molecule has 0 aromatic carbocycles. The molecule has 1 aliphatic heterocycles. The molecule has 3 N–H and O–H groups in total. The molecule has 1 saturated heterocycles. The van der Waals surface area contributed by atoms with Gasteiger partial charge in [0, 0.05) is 11.8 Å². The zero-order valence-corrected chi connectivity index (χ0v) is 16.2. The molecule has 154 valence electrons. The van der Waals surface area contributed by atoms with E-state index >= 15 is 0 Å². The zero-order chi connectivity index (χ0) is 20.5. The van der Waals surface area contributed by atoms with Crippen LogP contribution in [0, 0.1) is 0 Å². The molecule has 1 fully saturated rings. The van der Waals surface area contributed by atoms with Crippen molar-refractivity contribution in [2.24, 2.45) is 0 Å². The second-order valence-corrected chi connectivity index (χ2v) is 6.83. The Bertz CT molecular complexity index is 758. The maximum atomic E-state index is 12.3. The molecule has 8 nitrogen and oxygen atoms in total. The molecule has 0 spiro atoms. The number of amides is 1. The van der Waals surface area contributed by atoms with Crippen molar-refractivity contribution in [2.75, 3.05) is 11.9 Å². The molecule has 8 heteroatoms. The summed E-state index contributed by atoms with van der Waals surface area (Å²) in [5.74, 6) is -0.225. The summed E-state index contributed by atoms with van der Waals surface area (Å²) >= 11 is 0. The van der Waals surface area contributed by atoms with Gasteiger partial charge in [0.05, 0.1) is 6.61 Å². The first-order valence-electron chi connectivity index (χ1n) is 9.67. The Kier molecular flexibility index (Phi) is 8.56. The van der Waals surface area contributed by atoms with Gasteiger partial charge in [-0.25, -0.2) is 4.79 Å². The minimum absolute atomic E-state index is 0.127. The Morgan fingerprint density at radius 3 is 2.79 bits per heavy atom. The van der Waals surface area contributed by atoms with Crippen molar-refractivity contribution < 1.29 is 19.7 Å². The summed E-state index contributed by atoms with van der Waals surface area (Å²) in [4.78, 5) is 28.0. The molecule has 1 amide bonds. The van der Waals surface area contributed by atoms with Crippen molar-refractivity contribution in [2.45, 2.75) is 63.9 Å². The molecule has 1 aliphatic rings. The monoisotopic (exact) mass is 391 g/mol. The van der Waals surface area contributed by atoms with Crippen molar-refractivity contribution in [1.29, 1.82) is 0 Å². The number of ether oxygens (including phenoxy) is 1. The number of hydrogen-bond donors (Lipinski definition) is 3. The van der Waals surface area contributed by atoms with Gasteiger partial charge in [-0.05, 0) is 25.0 Å².